The van der Waals surface area contributed by atoms with Gasteiger partial charge in [-0.2, -0.15) is 0 Å². The number of hydrogen-bond acceptors (Lipinski definition) is 3. The highest BCUT2D eigenvalue weighted by atomic mass is 79.9. The van der Waals surface area contributed by atoms with E-state index >= 15 is 0 Å². The van der Waals surface area contributed by atoms with Gasteiger partial charge in [0.05, 0.1) is 23.5 Å². The van der Waals surface area contributed by atoms with Crippen LogP contribution in [0, 0.1) is 0 Å². The minimum absolute atomic E-state index is 0.106. The summed E-state index contributed by atoms with van der Waals surface area (Å²) in [5, 5.41) is 2.13. The van der Waals surface area contributed by atoms with E-state index in [0.717, 1.165) is 28.0 Å². The lowest BCUT2D eigenvalue weighted by molar-refractivity contribution is 0.397. The monoisotopic (exact) mass is 418 g/mol. The molecule has 0 aliphatic heterocycles. The molecule has 0 N–H and O–H groups in total. The van der Waals surface area contributed by atoms with Gasteiger partial charge in [-0.15, -0.1) is 11.3 Å². The van der Waals surface area contributed by atoms with Gasteiger partial charge in [0.25, 0.3) is 0 Å². The van der Waals surface area contributed by atoms with Gasteiger partial charge in [0.1, 0.15) is 11.5 Å². The van der Waals surface area contributed by atoms with E-state index < -0.39 is 0 Å². The average Bonchev–Trinajstić information content (AvgIpc) is 2.94. The highest BCUT2D eigenvalue weighted by molar-refractivity contribution is 9.10. The molecule has 0 aliphatic carbocycles. The minimum Gasteiger partial charge on any atom is -0.496 e. The third-order valence-electron chi connectivity index (χ3n) is 3.17. The molecule has 0 saturated heterocycles. The average molecular weight is 420 g/mol. The van der Waals surface area contributed by atoms with Crippen molar-refractivity contribution in [3.05, 3.63) is 44.1 Å². The van der Waals surface area contributed by atoms with Crippen molar-refractivity contribution in [2.75, 3.05) is 14.2 Å². The van der Waals surface area contributed by atoms with Crippen LogP contribution in [0.5, 0.6) is 11.5 Å². The first-order valence-corrected chi connectivity index (χ1v) is 8.82. The fourth-order valence-electron chi connectivity index (χ4n) is 2.09. The Hall–Kier alpha value is -0.520. The largest absolute Gasteiger partial charge is 0.496 e. The quantitative estimate of drug-likeness (QED) is 0.589. The van der Waals surface area contributed by atoms with Crippen molar-refractivity contribution in [1.82, 2.24) is 0 Å². The van der Waals surface area contributed by atoms with Crippen LogP contribution in [0.25, 0.3) is 0 Å². The summed E-state index contributed by atoms with van der Waals surface area (Å²) in [6.45, 7) is 2.17. The van der Waals surface area contributed by atoms with Gasteiger partial charge in [0, 0.05) is 10.4 Å². The number of alkyl halides is 1. The molecule has 2 aromatic rings. The van der Waals surface area contributed by atoms with Crippen LogP contribution in [-0.4, -0.2) is 14.2 Å². The Labute approximate surface area is 140 Å². The lowest BCUT2D eigenvalue weighted by Crippen LogP contribution is -1.99. The van der Waals surface area contributed by atoms with Crippen molar-refractivity contribution >= 4 is 43.2 Å². The maximum atomic E-state index is 5.51. The molecular weight excluding hydrogens is 404 g/mol. The summed E-state index contributed by atoms with van der Waals surface area (Å²) in [4.78, 5) is 1.42. The Bertz CT molecular complexity index is 596. The van der Waals surface area contributed by atoms with Crippen LogP contribution in [-0.2, 0) is 6.42 Å². The summed E-state index contributed by atoms with van der Waals surface area (Å²) >= 11 is 9.05. The second-order valence-electron chi connectivity index (χ2n) is 4.25. The van der Waals surface area contributed by atoms with E-state index in [2.05, 4.69) is 50.2 Å². The van der Waals surface area contributed by atoms with Crippen molar-refractivity contribution in [3.63, 3.8) is 0 Å². The van der Waals surface area contributed by atoms with E-state index in [1.54, 1.807) is 25.6 Å². The summed E-state index contributed by atoms with van der Waals surface area (Å²) in [6, 6.07) is 6.14. The van der Waals surface area contributed by atoms with Crippen LogP contribution >= 0.6 is 43.2 Å². The predicted octanol–water partition coefficient (Wildman–Crippen LogP) is 5.57. The van der Waals surface area contributed by atoms with E-state index in [1.165, 1.54) is 10.4 Å². The first kappa shape index (κ1) is 15.9. The minimum atomic E-state index is 0.106. The maximum Gasteiger partial charge on any atom is 0.133 e. The number of rotatable bonds is 5. The van der Waals surface area contributed by atoms with E-state index in [-0.39, 0.29) is 4.83 Å². The van der Waals surface area contributed by atoms with Gasteiger partial charge in [-0.3, -0.25) is 0 Å². The number of methoxy groups -OCH3 is 2. The van der Waals surface area contributed by atoms with E-state index in [0.29, 0.717) is 0 Å². The molecule has 0 radical (unpaired) electrons. The fraction of sp³-hybridized carbons (Fsp3) is 0.333. The smallest absolute Gasteiger partial charge is 0.133 e. The lowest BCUT2D eigenvalue weighted by Gasteiger charge is -2.17. The van der Waals surface area contributed by atoms with Crippen molar-refractivity contribution in [1.29, 1.82) is 0 Å². The molecule has 1 unspecified atom stereocenters. The molecule has 0 bridgehead atoms. The standard InChI is InChI=1S/C15H16Br2O2S/c1-4-9-5-6-20-15(9)14(17)10-7-13(19-3)11(16)8-12(10)18-2/h5-8,14H,4H2,1-3H3. The second-order valence-corrected chi connectivity index (χ2v) is 6.97. The van der Waals surface area contributed by atoms with E-state index in [1.807, 2.05) is 12.1 Å². The summed E-state index contributed by atoms with van der Waals surface area (Å²) in [5.41, 5.74) is 2.44. The molecular formula is C15H16Br2O2S. The molecule has 1 atom stereocenters. The first-order valence-electron chi connectivity index (χ1n) is 6.24. The maximum absolute atomic E-state index is 5.51. The Balaban J connectivity index is 2.50. The van der Waals surface area contributed by atoms with Crippen LogP contribution in [0.2, 0.25) is 0 Å². The van der Waals surface area contributed by atoms with Crippen LogP contribution in [0.4, 0.5) is 0 Å². The molecule has 0 spiro atoms. The van der Waals surface area contributed by atoms with Gasteiger partial charge in [-0.05, 0) is 51.5 Å². The number of halogens is 2. The molecule has 0 fully saturated rings. The number of benzene rings is 1. The topological polar surface area (TPSA) is 18.5 Å². The molecule has 1 aromatic heterocycles. The van der Waals surface area contributed by atoms with Crippen LogP contribution in [0.1, 0.15) is 27.8 Å². The fourth-order valence-corrected chi connectivity index (χ4v) is 4.53. The summed E-state index contributed by atoms with van der Waals surface area (Å²) in [6.07, 6.45) is 1.02. The summed E-state index contributed by atoms with van der Waals surface area (Å²) in [5.74, 6) is 1.65. The van der Waals surface area contributed by atoms with E-state index in [4.69, 9.17) is 9.47 Å². The Morgan fingerprint density at radius 3 is 2.50 bits per heavy atom. The zero-order valence-electron chi connectivity index (χ0n) is 11.6. The van der Waals surface area contributed by atoms with Crippen LogP contribution < -0.4 is 9.47 Å². The first-order chi connectivity index (χ1) is 9.62. The van der Waals surface area contributed by atoms with Crippen LogP contribution in [0.15, 0.2) is 28.1 Å². The third kappa shape index (κ3) is 3.05. The number of ether oxygens (including phenoxy) is 2. The second kappa shape index (κ2) is 6.96. The van der Waals surface area contributed by atoms with Crippen molar-refractivity contribution in [3.8, 4) is 11.5 Å². The molecule has 0 amide bonds. The molecule has 0 aliphatic rings. The highest BCUT2D eigenvalue weighted by Crippen LogP contribution is 2.44. The number of aryl methyl sites for hydroxylation is 1. The highest BCUT2D eigenvalue weighted by Gasteiger charge is 2.21. The molecule has 2 rings (SSSR count). The number of thiophene rings is 1. The summed E-state index contributed by atoms with van der Waals surface area (Å²) < 4.78 is 11.8. The third-order valence-corrected chi connectivity index (χ3v) is 6.07. The van der Waals surface area contributed by atoms with Crippen molar-refractivity contribution < 1.29 is 9.47 Å². The normalized spacial score (nSPS) is 12.2. The zero-order valence-corrected chi connectivity index (χ0v) is 15.6. The Morgan fingerprint density at radius 2 is 1.90 bits per heavy atom. The van der Waals surface area contributed by atoms with Gasteiger partial charge in [-0.25, -0.2) is 0 Å². The van der Waals surface area contributed by atoms with Crippen molar-refractivity contribution in [2.45, 2.75) is 18.2 Å². The summed E-state index contributed by atoms with van der Waals surface area (Å²) in [7, 11) is 3.36. The van der Waals surface area contributed by atoms with Gasteiger partial charge in [-0.1, -0.05) is 22.9 Å². The van der Waals surface area contributed by atoms with Gasteiger partial charge in [0.2, 0.25) is 0 Å². The van der Waals surface area contributed by atoms with E-state index in [9.17, 15) is 0 Å². The molecule has 1 heterocycles. The molecule has 0 saturated carbocycles. The predicted molar refractivity (Wildman–Crippen MR) is 91.7 cm³/mol. The Kier molecular flexibility index (Phi) is 5.52. The SMILES string of the molecule is CCc1ccsc1C(Br)c1cc(OC)c(Br)cc1OC. The van der Waals surface area contributed by atoms with Gasteiger partial charge in [0.15, 0.2) is 0 Å². The van der Waals surface area contributed by atoms with Gasteiger partial charge >= 0.3 is 0 Å². The molecule has 1 aromatic carbocycles. The Morgan fingerprint density at radius 1 is 1.20 bits per heavy atom. The van der Waals surface area contributed by atoms with Crippen LogP contribution in [0.3, 0.4) is 0 Å². The number of hydrogen-bond donors (Lipinski definition) is 0. The zero-order chi connectivity index (χ0) is 14.7. The molecule has 20 heavy (non-hydrogen) atoms. The lowest BCUT2D eigenvalue weighted by atomic mass is 10.1. The van der Waals surface area contributed by atoms with Crippen molar-refractivity contribution in [2.24, 2.45) is 0 Å². The molecule has 5 heteroatoms. The molecule has 108 valence electrons. The molecule has 2 nitrogen and oxygen atoms in total. The van der Waals surface area contributed by atoms with Gasteiger partial charge < -0.3 is 9.47 Å².